The van der Waals surface area contributed by atoms with Gasteiger partial charge in [0, 0.05) is 35.2 Å². The number of carbonyl (C=O) groups excluding carboxylic acids is 1. The monoisotopic (exact) mass is 598 g/mol. The highest BCUT2D eigenvalue weighted by Gasteiger charge is 2.48. The molecule has 3 heterocycles. The van der Waals surface area contributed by atoms with E-state index in [9.17, 15) is 28.2 Å². The van der Waals surface area contributed by atoms with Crippen molar-refractivity contribution in [3.63, 3.8) is 0 Å². The van der Waals surface area contributed by atoms with E-state index in [4.69, 9.17) is 21.1 Å². The van der Waals surface area contributed by atoms with E-state index in [2.05, 4.69) is 10.3 Å². The molecule has 1 aromatic heterocycles. The zero-order valence-electron chi connectivity index (χ0n) is 21.2. The van der Waals surface area contributed by atoms with Crippen LogP contribution in [0.4, 0.5) is 13.2 Å². The first kappa shape index (κ1) is 28.8. The molecule has 5 rings (SSSR count). The molecule has 2 aromatic carbocycles. The maximum Gasteiger partial charge on any atom is 0.254 e. The Hall–Kier alpha value is -2.68. The minimum Gasteiger partial charge on any atom is -0.394 e. The molecule has 2 saturated heterocycles. The van der Waals surface area contributed by atoms with Crippen molar-refractivity contribution < 1.29 is 37.7 Å². The lowest BCUT2D eigenvalue weighted by molar-refractivity contribution is -0.191. The summed E-state index contributed by atoms with van der Waals surface area (Å²) in [4.78, 5) is 15.3. The Morgan fingerprint density at radius 3 is 2.58 bits per heavy atom. The second-order valence-electron chi connectivity index (χ2n) is 9.37. The molecule has 0 aliphatic carbocycles. The third kappa shape index (κ3) is 5.58. The van der Waals surface area contributed by atoms with Crippen LogP contribution >= 0.6 is 23.4 Å². The van der Waals surface area contributed by atoms with Gasteiger partial charge >= 0.3 is 0 Å². The molecule has 40 heavy (non-hydrogen) atoms. The van der Waals surface area contributed by atoms with Crippen molar-refractivity contribution in [2.75, 3.05) is 26.3 Å². The Kier molecular flexibility index (Phi) is 8.69. The van der Waals surface area contributed by atoms with E-state index >= 15 is 0 Å². The summed E-state index contributed by atoms with van der Waals surface area (Å²) in [7, 11) is 0. The molecule has 3 aromatic rings. The molecule has 0 spiro atoms. The number of halogens is 4. The fraction of sp³-hybridized carbons (Fsp3) is 0.423. The number of aromatic nitrogens is 3. The van der Waals surface area contributed by atoms with Gasteiger partial charge in [0.25, 0.3) is 5.91 Å². The third-order valence-electron chi connectivity index (χ3n) is 6.84. The fourth-order valence-corrected chi connectivity index (χ4v) is 6.21. The number of ether oxygens (including phenoxy) is 2. The van der Waals surface area contributed by atoms with Gasteiger partial charge in [-0.3, -0.25) is 4.79 Å². The average molecular weight is 599 g/mol. The van der Waals surface area contributed by atoms with Crippen molar-refractivity contribution in [1.29, 1.82) is 0 Å². The molecule has 3 unspecified atom stereocenters. The van der Waals surface area contributed by atoms with Gasteiger partial charge in [-0.15, -0.1) is 5.10 Å². The smallest absolute Gasteiger partial charge is 0.254 e. The topological polar surface area (TPSA) is 110 Å². The molecule has 0 saturated carbocycles. The van der Waals surface area contributed by atoms with Gasteiger partial charge in [-0.05, 0) is 43.7 Å². The van der Waals surface area contributed by atoms with Crippen molar-refractivity contribution in [3.05, 3.63) is 64.6 Å². The first-order valence-corrected chi connectivity index (χ1v) is 13.9. The Morgan fingerprint density at radius 2 is 1.95 bits per heavy atom. The third-order valence-corrected chi connectivity index (χ3v) is 8.28. The first-order valence-electron chi connectivity index (χ1n) is 12.6. The second kappa shape index (κ2) is 12.0. The number of carbonyl (C=O) groups is 1. The van der Waals surface area contributed by atoms with Crippen molar-refractivity contribution in [1.82, 2.24) is 19.9 Å². The highest BCUT2D eigenvalue weighted by atomic mass is 35.5. The highest BCUT2D eigenvalue weighted by Crippen LogP contribution is 2.42. The summed E-state index contributed by atoms with van der Waals surface area (Å²) >= 11 is 7.43. The molecule has 2 aliphatic heterocycles. The van der Waals surface area contributed by atoms with Crippen molar-refractivity contribution in [2.45, 2.75) is 48.0 Å². The van der Waals surface area contributed by atoms with Crippen LogP contribution in [0.15, 0.2) is 41.4 Å². The summed E-state index contributed by atoms with van der Waals surface area (Å²) in [5.74, 6) is -4.52. The number of aliphatic hydroxyl groups is 2. The van der Waals surface area contributed by atoms with Gasteiger partial charge in [0.1, 0.15) is 35.5 Å². The van der Waals surface area contributed by atoms with Gasteiger partial charge in [-0.25, -0.2) is 17.9 Å². The number of amides is 1. The van der Waals surface area contributed by atoms with Crippen LogP contribution in [0.25, 0.3) is 11.3 Å². The Morgan fingerprint density at radius 1 is 1.23 bits per heavy atom. The van der Waals surface area contributed by atoms with Crippen molar-refractivity contribution in [3.8, 4) is 11.3 Å². The Bertz CT molecular complexity index is 1370. The van der Waals surface area contributed by atoms with Crippen LogP contribution in [0.1, 0.15) is 29.7 Å². The van der Waals surface area contributed by atoms with E-state index in [0.29, 0.717) is 28.6 Å². The molecule has 2 aliphatic rings. The maximum absolute atomic E-state index is 13.8. The SMILES string of the molecule is CCOC1C(n2cc(-c3cc(F)c(F)c(F)c3)nn2)[C@@H](O)C(CO)O[C@@H]1Sc1cc(Cl)ccc1C(=O)N1CCC1. The summed E-state index contributed by atoms with van der Waals surface area (Å²) in [6, 6.07) is 5.53. The van der Waals surface area contributed by atoms with E-state index in [1.807, 2.05) is 0 Å². The fourth-order valence-electron chi connectivity index (χ4n) is 4.67. The summed E-state index contributed by atoms with van der Waals surface area (Å²) in [6.45, 7) is 2.73. The van der Waals surface area contributed by atoms with Crippen LogP contribution in [0.3, 0.4) is 0 Å². The number of likely N-dealkylation sites (tertiary alicyclic amines) is 1. The minimum absolute atomic E-state index is 0.0220. The normalized spacial score (nSPS) is 24.7. The van der Waals surface area contributed by atoms with Crippen LogP contribution in [-0.2, 0) is 9.47 Å². The van der Waals surface area contributed by atoms with E-state index < -0.39 is 53.8 Å². The van der Waals surface area contributed by atoms with Gasteiger partial charge in [0.05, 0.1) is 18.4 Å². The Labute approximate surface area is 236 Å². The van der Waals surface area contributed by atoms with E-state index in [1.165, 1.54) is 10.9 Å². The number of hydrogen-bond donors (Lipinski definition) is 2. The lowest BCUT2D eigenvalue weighted by Gasteiger charge is -2.43. The molecule has 2 fully saturated rings. The number of nitrogens with zero attached hydrogens (tertiary/aromatic N) is 4. The molecule has 5 atom stereocenters. The highest BCUT2D eigenvalue weighted by molar-refractivity contribution is 8.00. The lowest BCUT2D eigenvalue weighted by Crippen LogP contribution is -2.56. The molecule has 0 radical (unpaired) electrons. The van der Waals surface area contributed by atoms with Crippen LogP contribution in [-0.4, -0.2) is 86.1 Å². The number of rotatable bonds is 8. The second-order valence-corrected chi connectivity index (χ2v) is 10.9. The van der Waals surface area contributed by atoms with Crippen LogP contribution < -0.4 is 0 Å². The van der Waals surface area contributed by atoms with Gasteiger partial charge in [-0.2, -0.15) is 0 Å². The predicted molar refractivity (Wildman–Crippen MR) is 139 cm³/mol. The molecule has 9 nitrogen and oxygen atoms in total. The summed E-state index contributed by atoms with van der Waals surface area (Å²) in [5.41, 5.74) is -0.455. The molecular weight excluding hydrogens is 573 g/mol. The molecule has 0 bridgehead atoms. The average Bonchev–Trinajstić information content (AvgIpc) is 3.37. The largest absolute Gasteiger partial charge is 0.394 e. The van der Waals surface area contributed by atoms with E-state index in [0.717, 1.165) is 30.3 Å². The van der Waals surface area contributed by atoms with Crippen LogP contribution in [0, 0.1) is 17.5 Å². The summed E-state index contributed by atoms with van der Waals surface area (Å²) in [5, 5.41) is 29.6. The zero-order chi connectivity index (χ0) is 28.6. The number of hydrogen-bond acceptors (Lipinski definition) is 8. The van der Waals surface area contributed by atoms with Gasteiger partial charge in [-0.1, -0.05) is 28.6 Å². The van der Waals surface area contributed by atoms with E-state index in [1.54, 1.807) is 30.0 Å². The van der Waals surface area contributed by atoms with Crippen molar-refractivity contribution in [2.24, 2.45) is 0 Å². The molecule has 214 valence electrons. The molecule has 14 heteroatoms. The van der Waals surface area contributed by atoms with Gasteiger partial charge < -0.3 is 24.6 Å². The van der Waals surface area contributed by atoms with Crippen LogP contribution in [0.5, 0.6) is 0 Å². The molecule has 2 N–H and O–H groups in total. The van der Waals surface area contributed by atoms with Crippen LogP contribution in [0.2, 0.25) is 5.02 Å². The summed E-state index contributed by atoms with van der Waals surface area (Å²) < 4.78 is 54.5. The molecule has 1 amide bonds. The van der Waals surface area contributed by atoms with Gasteiger partial charge in [0.15, 0.2) is 17.5 Å². The van der Waals surface area contributed by atoms with Gasteiger partial charge in [0.2, 0.25) is 0 Å². The molecular formula is C26H26ClF3N4O5S. The lowest BCUT2D eigenvalue weighted by atomic mass is 9.97. The Balaban J connectivity index is 1.49. The maximum atomic E-state index is 13.8. The number of thioether (sulfide) groups is 1. The predicted octanol–water partition coefficient (Wildman–Crippen LogP) is 3.68. The van der Waals surface area contributed by atoms with Crippen molar-refractivity contribution >= 4 is 29.3 Å². The van der Waals surface area contributed by atoms with E-state index in [-0.39, 0.29) is 23.8 Å². The number of aliphatic hydroxyl groups excluding tert-OH is 2. The summed E-state index contributed by atoms with van der Waals surface area (Å²) in [6.07, 6.45) is -1.01. The quantitative estimate of drug-likeness (QED) is 0.378. The first-order chi connectivity index (χ1) is 19.2. The standard InChI is InChI=1S/C26H26ClF3N4O5S/c1-2-38-24-22(34-11-18(31-32-34)13-8-16(28)21(30)17(29)9-13)23(36)19(12-35)39-26(24)40-20-10-14(27)4-5-15(20)25(37)33-6-3-7-33/h4-5,8-11,19,22-24,26,35-36H,2-3,6-7,12H2,1H3/t19?,22?,23-,24?,26+/m0/s1. The minimum atomic E-state index is -1.61. The zero-order valence-corrected chi connectivity index (χ0v) is 22.8. The number of benzene rings is 2.